The summed E-state index contributed by atoms with van der Waals surface area (Å²) < 4.78 is 0. The number of halogens is 1. The number of carbonyl (C=O) groups excluding carboxylic acids is 1. The Hall–Kier alpha value is -3.29. The molecule has 1 heterocycles. The molecule has 0 saturated heterocycles. The van der Waals surface area contributed by atoms with Crippen molar-refractivity contribution in [3.8, 4) is 0 Å². The summed E-state index contributed by atoms with van der Waals surface area (Å²) in [5.41, 5.74) is 4.69. The summed E-state index contributed by atoms with van der Waals surface area (Å²) in [6, 6.07) is 13.6. The third kappa shape index (κ3) is 8.57. The number of nitrogens with one attached hydrogen (secondary N) is 4. The van der Waals surface area contributed by atoms with Crippen LogP contribution in [0.1, 0.15) is 31.9 Å². The highest BCUT2D eigenvalue weighted by Crippen LogP contribution is 2.25. The van der Waals surface area contributed by atoms with Crippen LogP contribution in [0.15, 0.2) is 71.2 Å². The number of aryl methyl sites for hydroxylation is 2. The Bertz CT molecular complexity index is 1040. The molecule has 5 N–H and O–H groups in total. The van der Waals surface area contributed by atoms with Gasteiger partial charge >= 0.3 is 6.03 Å². The van der Waals surface area contributed by atoms with E-state index >= 15 is 0 Å². The summed E-state index contributed by atoms with van der Waals surface area (Å²) in [6.45, 7) is 9.16. The molecule has 0 saturated carbocycles. The van der Waals surface area contributed by atoms with E-state index in [9.17, 15) is 4.79 Å². The van der Waals surface area contributed by atoms with Crippen LogP contribution in [0.4, 0.5) is 21.9 Å². The number of anilines is 3. The Labute approximate surface area is 207 Å². The Kier molecular flexibility index (Phi) is 11.2. The number of allylic oxidation sites excluding steroid dienone is 2. The lowest BCUT2D eigenvalue weighted by atomic mass is 10.0. The molecule has 2 aromatic carbocycles. The van der Waals surface area contributed by atoms with E-state index < -0.39 is 0 Å². The number of benzene rings is 2. The van der Waals surface area contributed by atoms with Crippen molar-refractivity contribution >= 4 is 40.5 Å². The van der Waals surface area contributed by atoms with Crippen LogP contribution in [0, 0.1) is 0 Å². The number of urea groups is 1. The molecule has 182 valence electrons. The van der Waals surface area contributed by atoms with Crippen molar-refractivity contribution in [2.24, 2.45) is 4.99 Å². The molecule has 1 unspecified atom stereocenters. The fourth-order valence-corrected chi connectivity index (χ4v) is 3.42. The minimum Gasteiger partial charge on any atom is -0.395 e. The zero-order valence-electron chi connectivity index (χ0n) is 20.0. The van der Waals surface area contributed by atoms with E-state index in [0.717, 1.165) is 29.8 Å². The largest absolute Gasteiger partial charge is 0.395 e. The first-order valence-corrected chi connectivity index (χ1v) is 11.7. The molecule has 4 bridgehead atoms. The normalized spacial score (nSPS) is 16.9. The zero-order chi connectivity index (χ0) is 24.9. The average molecular weight is 484 g/mol. The molecule has 34 heavy (non-hydrogen) atoms. The molecule has 0 fully saturated rings. The van der Waals surface area contributed by atoms with E-state index in [1.165, 1.54) is 5.56 Å². The second kappa shape index (κ2) is 14.1. The standard InChI is InChI=1S/C23H28ClN5O2.C3H6/c1-3-20(24)22-27-15(2)26-18-6-4-5-16(13-18)7-8-17-14-19(28-22)9-10-21(17)29-23(31)25-11-12-30;1-3-2/h3-6,9-10,13-15,26,30H,7-8,11-12H2,1-2H3,(H,27,28)(H2,25,29,31);3H,1H2,2H3/b20-3+;. The van der Waals surface area contributed by atoms with Gasteiger partial charge in [-0.2, -0.15) is 0 Å². The fourth-order valence-electron chi connectivity index (χ4n) is 3.33. The second-order valence-corrected chi connectivity index (χ2v) is 8.05. The molecule has 0 radical (unpaired) electrons. The predicted molar refractivity (Wildman–Crippen MR) is 144 cm³/mol. The molecule has 0 spiro atoms. The van der Waals surface area contributed by atoms with Crippen molar-refractivity contribution in [1.29, 1.82) is 0 Å². The number of carbonyl (C=O) groups is 1. The molecule has 8 heteroatoms. The molecule has 1 atom stereocenters. The molecular weight excluding hydrogens is 450 g/mol. The van der Waals surface area contributed by atoms with Gasteiger partial charge in [0.25, 0.3) is 0 Å². The highest BCUT2D eigenvalue weighted by Gasteiger charge is 2.13. The first kappa shape index (κ1) is 27.0. The van der Waals surface area contributed by atoms with Crippen molar-refractivity contribution in [2.45, 2.75) is 39.8 Å². The quantitative estimate of drug-likeness (QED) is 0.371. The van der Waals surface area contributed by atoms with E-state index in [1.807, 2.05) is 51.1 Å². The molecule has 1 aliphatic rings. The summed E-state index contributed by atoms with van der Waals surface area (Å²) in [7, 11) is 0. The smallest absolute Gasteiger partial charge is 0.319 e. The van der Waals surface area contributed by atoms with Crippen LogP contribution >= 0.6 is 11.6 Å². The van der Waals surface area contributed by atoms with E-state index in [0.29, 0.717) is 16.6 Å². The maximum Gasteiger partial charge on any atom is 0.319 e. The highest BCUT2D eigenvalue weighted by atomic mass is 35.5. The van der Waals surface area contributed by atoms with Crippen LogP contribution in [0.5, 0.6) is 0 Å². The van der Waals surface area contributed by atoms with Crippen LogP contribution in [-0.4, -0.2) is 36.3 Å². The van der Waals surface area contributed by atoms with Crippen LogP contribution in [0.2, 0.25) is 0 Å². The van der Waals surface area contributed by atoms with Crippen LogP contribution in [-0.2, 0) is 12.8 Å². The Morgan fingerprint density at radius 3 is 2.71 bits per heavy atom. The molecule has 2 amide bonds. The Morgan fingerprint density at radius 1 is 1.24 bits per heavy atom. The van der Waals surface area contributed by atoms with Gasteiger partial charge in [0.1, 0.15) is 12.0 Å². The first-order chi connectivity index (χ1) is 16.4. The number of aliphatic imine (C=N–C) groups is 1. The molecule has 3 rings (SSSR count). The van der Waals surface area contributed by atoms with E-state index in [2.05, 4.69) is 40.0 Å². The van der Waals surface area contributed by atoms with Crippen molar-refractivity contribution in [1.82, 2.24) is 5.32 Å². The van der Waals surface area contributed by atoms with Gasteiger partial charge < -0.3 is 26.4 Å². The summed E-state index contributed by atoms with van der Waals surface area (Å²) >= 11 is 6.42. The monoisotopic (exact) mass is 483 g/mol. The SMILES string of the molecule is C/C=C(Cl)\C1=N/C(C)Nc2cccc(c2)CCc2cc(ccc2NC(=O)NCCO)N1.C=CC. The van der Waals surface area contributed by atoms with Crippen LogP contribution < -0.4 is 21.3 Å². The minimum absolute atomic E-state index is 0.111. The molecule has 7 nitrogen and oxygen atoms in total. The number of amides is 2. The summed E-state index contributed by atoms with van der Waals surface area (Å²) in [6.07, 6.45) is 4.89. The maximum atomic E-state index is 12.1. The van der Waals surface area contributed by atoms with Gasteiger partial charge in [-0.1, -0.05) is 35.9 Å². The van der Waals surface area contributed by atoms with E-state index in [1.54, 1.807) is 12.2 Å². The summed E-state index contributed by atoms with van der Waals surface area (Å²) in [5.74, 6) is 0.562. The highest BCUT2D eigenvalue weighted by molar-refractivity contribution is 6.44. The van der Waals surface area contributed by atoms with Gasteiger partial charge in [0.15, 0.2) is 0 Å². The van der Waals surface area contributed by atoms with Gasteiger partial charge in [-0.15, -0.1) is 6.58 Å². The third-order valence-electron chi connectivity index (χ3n) is 4.80. The first-order valence-electron chi connectivity index (χ1n) is 11.3. The minimum atomic E-state index is -0.354. The van der Waals surface area contributed by atoms with Crippen molar-refractivity contribution < 1.29 is 9.90 Å². The predicted octanol–water partition coefficient (Wildman–Crippen LogP) is 5.50. The molecule has 0 aromatic heterocycles. The van der Waals surface area contributed by atoms with Gasteiger partial charge in [-0.3, -0.25) is 0 Å². The van der Waals surface area contributed by atoms with Gasteiger partial charge in [-0.05, 0) is 75.1 Å². The van der Waals surface area contributed by atoms with Crippen LogP contribution in [0.3, 0.4) is 0 Å². The number of hydrogen-bond acceptors (Lipinski definition) is 5. The van der Waals surface area contributed by atoms with E-state index in [-0.39, 0.29) is 25.3 Å². The number of aliphatic hydroxyl groups excluding tert-OH is 1. The van der Waals surface area contributed by atoms with Gasteiger partial charge in [-0.25, -0.2) is 9.79 Å². The lowest BCUT2D eigenvalue weighted by Gasteiger charge is -2.16. The molecular formula is C26H34ClN5O2. The summed E-state index contributed by atoms with van der Waals surface area (Å²) in [5, 5.41) is 21.6. The molecule has 0 aliphatic carbocycles. The molecule has 2 aromatic rings. The third-order valence-corrected chi connectivity index (χ3v) is 5.20. The number of nitrogens with zero attached hydrogens (tertiary/aromatic N) is 1. The van der Waals surface area contributed by atoms with Crippen LogP contribution in [0.25, 0.3) is 0 Å². The number of amidine groups is 1. The zero-order valence-corrected chi connectivity index (χ0v) is 20.7. The Balaban J connectivity index is 0.00000129. The summed E-state index contributed by atoms with van der Waals surface area (Å²) in [4.78, 5) is 16.8. The van der Waals surface area contributed by atoms with Gasteiger partial charge in [0.2, 0.25) is 0 Å². The fraction of sp³-hybridized carbons (Fsp3) is 0.308. The number of fused-ring (bicyclic) bond motifs is 4. The lowest BCUT2D eigenvalue weighted by molar-refractivity contribution is 0.245. The van der Waals surface area contributed by atoms with Gasteiger partial charge in [0, 0.05) is 23.6 Å². The van der Waals surface area contributed by atoms with Crippen molar-refractivity contribution in [2.75, 3.05) is 29.1 Å². The number of rotatable bonds is 4. The maximum absolute atomic E-state index is 12.1. The number of aliphatic hydroxyl groups is 1. The Morgan fingerprint density at radius 2 is 2.00 bits per heavy atom. The van der Waals surface area contributed by atoms with Gasteiger partial charge in [0.05, 0.1) is 11.6 Å². The van der Waals surface area contributed by atoms with Crippen molar-refractivity contribution in [3.05, 3.63) is 77.4 Å². The van der Waals surface area contributed by atoms with Crippen molar-refractivity contribution in [3.63, 3.8) is 0 Å². The van der Waals surface area contributed by atoms with E-state index in [4.69, 9.17) is 21.7 Å². The second-order valence-electron chi connectivity index (χ2n) is 7.64. The number of hydrogen-bond donors (Lipinski definition) is 5. The topological polar surface area (TPSA) is 97.8 Å². The molecule has 1 aliphatic heterocycles. The average Bonchev–Trinajstić information content (AvgIpc) is 2.82. The lowest BCUT2D eigenvalue weighted by Crippen LogP contribution is -2.31.